The van der Waals surface area contributed by atoms with Crippen molar-refractivity contribution in [1.82, 2.24) is 29.7 Å². The molecule has 11 nitrogen and oxygen atoms in total. The second-order valence-corrected chi connectivity index (χ2v) is 11.1. The number of pyridine rings is 1. The molecule has 3 atom stereocenters. The number of hydrogen-bond acceptors (Lipinski definition) is 9. The van der Waals surface area contributed by atoms with Gasteiger partial charge in [0.1, 0.15) is 28.8 Å². The first-order valence-electron chi connectivity index (χ1n) is 11.7. The van der Waals surface area contributed by atoms with Crippen molar-refractivity contribution in [2.45, 2.75) is 37.9 Å². The lowest BCUT2D eigenvalue weighted by atomic mass is 10.1. The highest BCUT2D eigenvalue weighted by atomic mass is 35.5. The lowest BCUT2D eigenvalue weighted by Gasteiger charge is -2.22. The Morgan fingerprint density at radius 3 is 2.16 bits per heavy atom. The first kappa shape index (κ1) is 27.3. The summed E-state index contributed by atoms with van der Waals surface area (Å²) in [6.07, 6.45) is 4.55. The summed E-state index contributed by atoms with van der Waals surface area (Å²) in [5.41, 5.74) is 1.17. The molecule has 0 aliphatic rings. The number of benzene rings is 1. The van der Waals surface area contributed by atoms with Crippen molar-refractivity contribution in [3.63, 3.8) is 0 Å². The molecule has 0 bridgehead atoms. The van der Waals surface area contributed by atoms with Crippen molar-refractivity contribution in [2.75, 3.05) is 18.9 Å². The van der Waals surface area contributed by atoms with Crippen LogP contribution in [0.15, 0.2) is 55.0 Å². The van der Waals surface area contributed by atoms with Crippen LogP contribution in [-0.2, 0) is 10.0 Å². The second kappa shape index (κ2) is 11.3. The Morgan fingerprint density at radius 1 is 0.921 bits per heavy atom. The summed E-state index contributed by atoms with van der Waals surface area (Å²) in [6.45, 7) is 5.22. The summed E-state index contributed by atoms with van der Waals surface area (Å²) < 4.78 is 42.6. The Bertz CT molecular complexity index is 1480. The maximum Gasteiger partial charge on any atom is 0.243 e. The van der Waals surface area contributed by atoms with E-state index >= 15 is 0 Å². The fourth-order valence-electron chi connectivity index (χ4n) is 3.94. The van der Waals surface area contributed by atoms with E-state index in [1.807, 2.05) is 25.1 Å². The second-order valence-electron chi connectivity index (χ2n) is 8.60. The number of hydrogen-bond donors (Lipinski definition) is 1. The standard InChI is InChI=1S/C25H28ClN7O4S/c1-15(23-28-13-18(26)14-29-23)17(3)38(34,35)32-25-31-30-24(16(2)19-9-6-7-12-27-19)33(25)22-20(36-4)10-8-11-21(22)37-5/h6-17H,1-5H3,(H,31,32). The summed E-state index contributed by atoms with van der Waals surface area (Å²) in [5, 5.41) is 8.05. The van der Waals surface area contributed by atoms with Gasteiger partial charge >= 0.3 is 0 Å². The van der Waals surface area contributed by atoms with Crippen LogP contribution in [0.5, 0.6) is 11.5 Å². The number of ether oxygens (including phenoxy) is 2. The van der Waals surface area contributed by atoms with E-state index < -0.39 is 21.2 Å². The maximum atomic E-state index is 13.6. The van der Waals surface area contributed by atoms with Crippen LogP contribution in [0.3, 0.4) is 0 Å². The van der Waals surface area contributed by atoms with E-state index in [2.05, 4.69) is 29.9 Å². The van der Waals surface area contributed by atoms with Gasteiger partial charge in [0.15, 0.2) is 0 Å². The molecule has 13 heteroatoms. The van der Waals surface area contributed by atoms with E-state index in [0.717, 1.165) is 5.69 Å². The first-order valence-corrected chi connectivity index (χ1v) is 13.7. The topological polar surface area (TPSA) is 134 Å². The van der Waals surface area contributed by atoms with Crippen LogP contribution >= 0.6 is 11.6 Å². The number of halogens is 1. The third kappa shape index (κ3) is 5.41. The number of methoxy groups -OCH3 is 2. The van der Waals surface area contributed by atoms with Crippen LogP contribution in [0.4, 0.5) is 5.95 Å². The van der Waals surface area contributed by atoms with E-state index in [9.17, 15) is 8.42 Å². The maximum absolute atomic E-state index is 13.6. The molecule has 0 fully saturated rings. The SMILES string of the molecule is COc1cccc(OC)c1-n1c(NS(=O)(=O)C(C)C(C)c2ncc(Cl)cn2)nnc1C(C)c1ccccn1. The Balaban J connectivity index is 1.81. The summed E-state index contributed by atoms with van der Waals surface area (Å²) in [4.78, 5) is 12.8. The lowest BCUT2D eigenvalue weighted by Crippen LogP contribution is -2.31. The largest absolute Gasteiger partial charge is 0.494 e. The molecule has 4 rings (SSSR count). The smallest absolute Gasteiger partial charge is 0.243 e. The molecule has 0 aliphatic carbocycles. The molecule has 0 amide bonds. The summed E-state index contributed by atoms with van der Waals surface area (Å²) in [6, 6.07) is 10.8. The number of nitrogens with one attached hydrogen (secondary N) is 1. The van der Waals surface area contributed by atoms with Crippen LogP contribution in [0.25, 0.3) is 5.69 Å². The van der Waals surface area contributed by atoms with Gasteiger partial charge in [-0.3, -0.25) is 14.3 Å². The number of anilines is 1. The number of nitrogens with zero attached hydrogens (tertiary/aromatic N) is 6. The highest BCUT2D eigenvalue weighted by Gasteiger charge is 2.33. The molecule has 3 heterocycles. The van der Waals surface area contributed by atoms with Crippen LogP contribution in [0.1, 0.15) is 49.9 Å². The fourth-order valence-corrected chi connectivity index (χ4v) is 5.27. The van der Waals surface area contributed by atoms with Gasteiger partial charge in [0, 0.05) is 24.5 Å². The molecule has 0 saturated heterocycles. The Kier molecular flexibility index (Phi) is 8.12. The minimum atomic E-state index is -4.00. The molecule has 1 N–H and O–H groups in total. The van der Waals surface area contributed by atoms with Crippen molar-refractivity contribution in [1.29, 1.82) is 0 Å². The summed E-state index contributed by atoms with van der Waals surface area (Å²) in [5.74, 6) is 0.742. The van der Waals surface area contributed by atoms with Gasteiger partial charge in [-0.2, -0.15) is 0 Å². The van der Waals surface area contributed by atoms with Crippen molar-refractivity contribution in [3.05, 3.63) is 77.4 Å². The molecular formula is C25H28ClN7O4S. The average Bonchev–Trinajstić information content (AvgIpc) is 3.34. The Morgan fingerprint density at radius 2 is 1.58 bits per heavy atom. The molecule has 0 aliphatic heterocycles. The Hall–Kier alpha value is -3.77. The third-order valence-corrected chi connectivity index (χ3v) is 8.36. The molecule has 0 radical (unpaired) electrons. The van der Waals surface area contributed by atoms with Crippen molar-refractivity contribution >= 4 is 27.6 Å². The number of sulfonamides is 1. The average molecular weight is 558 g/mol. The molecule has 0 spiro atoms. The highest BCUT2D eigenvalue weighted by Crippen LogP contribution is 2.38. The molecule has 3 aromatic heterocycles. The van der Waals surface area contributed by atoms with Crippen molar-refractivity contribution in [3.8, 4) is 17.2 Å². The quantitative estimate of drug-likeness (QED) is 0.304. The normalized spacial score (nSPS) is 13.9. The minimum absolute atomic E-state index is 0.0262. The first-order chi connectivity index (χ1) is 18.2. The van der Waals surface area contributed by atoms with E-state index in [1.54, 1.807) is 42.8 Å². The van der Waals surface area contributed by atoms with Crippen LogP contribution in [0, 0.1) is 0 Å². The fraction of sp³-hybridized carbons (Fsp3) is 0.320. The van der Waals surface area contributed by atoms with Gasteiger partial charge in [-0.05, 0) is 38.1 Å². The Labute approximate surface area is 226 Å². The zero-order chi connectivity index (χ0) is 27.4. The van der Waals surface area contributed by atoms with Crippen LogP contribution < -0.4 is 14.2 Å². The van der Waals surface area contributed by atoms with E-state index in [-0.39, 0.29) is 11.9 Å². The summed E-state index contributed by atoms with van der Waals surface area (Å²) >= 11 is 5.89. The van der Waals surface area contributed by atoms with E-state index in [4.69, 9.17) is 21.1 Å². The molecule has 1 aromatic carbocycles. The minimum Gasteiger partial charge on any atom is -0.494 e. The molecule has 4 aromatic rings. The van der Waals surface area contributed by atoms with Gasteiger partial charge in [0.2, 0.25) is 16.0 Å². The molecule has 0 saturated carbocycles. The number of rotatable bonds is 10. The van der Waals surface area contributed by atoms with Crippen molar-refractivity contribution in [2.24, 2.45) is 0 Å². The van der Waals surface area contributed by atoms with E-state index in [1.165, 1.54) is 26.6 Å². The molecule has 38 heavy (non-hydrogen) atoms. The predicted molar refractivity (Wildman–Crippen MR) is 144 cm³/mol. The summed E-state index contributed by atoms with van der Waals surface area (Å²) in [7, 11) is -0.965. The zero-order valence-electron chi connectivity index (χ0n) is 21.5. The monoisotopic (exact) mass is 557 g/mol. The molecular weight excluding hydrogens is 530 g/mol. The molecule has 3 unspecified atom stereocenters. The predicted octanol–water partition coefficient (Wildman–Crippen LogP) is 4.21. The number of aromatic nitrogens is 6. The zero-order valence-corrected chi connectivity index (χ0v) is 23.1. The van der Waals surface area contributed by atoms with Crippen LogP contribution in [-0.4, -0.2) is 57.6 Å². The van der Waals surface area contributed by atoms with E-state index in [0.29, 0.717) is 33.9 Å². The highest BCUT2D eigenvalue weighted by molar-refractivity contribution is 7.93. The van der Waals surface area contributed by atoms with Gasteiger partial charge < -0.3 is 9.47 Å². The van der Waals surface area contributed by atoms with Gasteiger partial charge in [-0.25, -0.2) is 18.4 Å². The lowest BCUT2D eigenvalue weighted by molar-refractivity contribution is 0.390. The molecule has 200 valence electrons. The van der Waals surface area contributed by atoms with Gasteiger partial charge in [0.05, 0.1) is 36.1 Å². The van der Waals surface area contributed by atoms with Crippen molar-refractivity contribution < 1.29 is 17.9 Å². The van der Waals surface area contributed by atoms with Gasteiger partial charge in [-0.15, -0.1) is 10.2 Å². The van der Waals surface area contributed by atoms with Gasteiger partial charge in [-0.1, -0.05) is 30.7 Å². The number of para-hydroxylation sites is 1. The van der Waals surface area contributed by atoms with Crippen LogP contribution in [0.2, 0.25) is 5.02 Å². The van der Waals surface area contributed by atoms with Gasteiger partial charge in [0.25, 0.3) is 0 Å². The third-order valence-electron chi connectivity index (χ3n) is 6.31.